The molecule has 0 fully saturated rings. The van der Waals surface area contributed by atoms with Crippen molar-refractivity contribution in [2.75, 3.05) is 5.73 Å². The lowest BCUT2D eigenvalue weighted by Gasteiger charge is -2.03. The SMILES string of the molecule is Cc1nc(CCn2c(N)nc3ccccc32)no1. The molecule has 0 aliphatic carbocycles. The third-order valence-corrected chi connectivity index (χ3v) is 2.81. The lowest BCUT2D eigenvalue weighted by atomic mass is 10.3. The van der Waals surface area contributed by atoms with Crippen molar-refractivity contribution in [2.45, 2.75) is 19.9 Å². The summed E-state index contributed by atoms with van der Waals surface area (Å²) in [6.45, 7) is 2.46. The Labute approximate surface area is 103 Å². The quantitative estimate of drug-likeness (QED) is 0.754. The Morgan fingerprint density at radius 1 is 1.28 bits per heavy atom. The van der Waals surface area contributed by atoms with Crippen LogP contribution in [0.2, 0.25) is 0 Å². The Hall–Kier alpha value is -2.37. The van der Waals surface area contributed by atoms with Crippen LogP contribution in [0.1, 0.15) is 11.7 Å². The number of para-hydroxylation sites is 2. The van der Waals surface area contributed by atoms with Crippen molar-refractivity contribution < 1.29 is 4.52 Å². The van der Waals surface area contributed by atoms with Gasteiger partial charge in [0.2, 0.25) is 11.8 Å². The number of imidazole rings is 1. The van der Waals surface area contributed by atoms with Crippen molar-refractivity contribution in [3.63, 3.8) is 0 Å². The van der Waals surface area contributed by atoms with Gasteiger partial charge in [0, 0.05) is 19.9 Å². The second kappa shape index (κ2) is 4.14. The number of benzene rings is 1. The molecule has 3 aromatic rings. The molecule has 2 heterocycles. The molecular formula is C12H13N5O. The van der Waals surface area contributed by atoms with Crippen molar-refractivity contribution >= 4 is 17.0 Å². The van der Waals surface area contributed by atoms with E-state index in [-0.39, 0.29) is 0 Å². The number of nitrogens with two attached hydrogens (primary N) is 1. The molecule has 0 spiro atoms. The summed E-state index contributed by atoms with van der Waals surface area (Å²) in [6.07, 6.45) is 0.669. The molecule has 0 bridgehead atoms. The Kier molecular flexibility index (Phi) is 2.47. The van der Waals surface area contributed by atoms with Crippen molar-refractivity contribution in [3.05, 3.63) is 36.0 Å². The van der Waals surface area contributed by atoms with Gasteiger partial charge in [0.25, 0.3) is 0 Å². The highest BCUT2D eigenvalue weighted by Crippen LogP contribution is 2.17. The minimum atomic E-state index is 0.511. The molecule has 92 valence electrons. The fourth-order valence-electron chi connectivity index (χ4n) is 1.98. The molecule has 0 atom stereocenters. The Morgan fingerprint density at radius 2 is 2.11 bits per heavy atom. The van der Waals surface area contributed by atoms with Crippen LogP contribution in [-0.2, 0) is 13.0 Å². The van der Waals surface area contributed by atoms with Gasteiger partial charge >= 0.3 is 0 Å². The van der Waals surface area contributed by atoms with E-state index in [0.717, 1.165) is 11.0 Å². The number of hydrogen-bond acceptors (Lipinski definition) is 5. The molecule has 0 saturated heterocycles. The van der Waals surface area contributed by atoms with Gasteiger partial charge in [-0.3, -0.25) is 0 Å². The first-order chi connectivity index (χ1) is 8.74. The second-order valence-corrected chi connectivity index (χ2v) is 4.09. The summed E-state index contributed by atoms with van der Waals surface area (Å²) in [5, 5.41) is 3.86. The summed E-state index contributed by atoms with van der Waals surface area (Å²) in [5.41, 5.74) is 7.84. The van der Waals surface area contributed by atoms with Crippen LogP contribution < -0.4 is 5.73 Å². The first-order valence-corrected chi connectivity index (χ1v) is 5.74. The molecule has 1 aromatic carbocycles. The van der Waals surface area contributed by atoms with Crippen LogP contribution in [0.4, 0.5) is 5.95 Å². The average molecular weight is 243 g/mol. The molecule has 2 N–H and O–H groups in total. The van der Waals surface area contributed by atoms with E-state index in [9.17, 15) is 0 Å². The van der Waals surface area contributed by atoms with E-state index in [0.29, 0.717) is 30.6 Å². The summed E-state index contributed by atoms with van der Waals surface area (Å²) >= 11 is 0. The molecule has 0 amide bonds. The summed E-state index contributed by atoms with van der Waals surface area (Å²) < 4.78 is 6.89. The molecule has 6 heteroatoms. The highest BCUT2D eigenvalue weighted by atomic mass is 16.5. The van der Waals surface area contributed by atoms with Gasteiger partial charge in [-0.1, -0.05) is 17.3 Å². The van der Waals surface area contributed by atoms with Gasteiger partial charge in [-0.25, -0.2) is 4.98 Å². The van der Waals surface area contributed by atoms with Crippen LogP contribution in [0.3, 0.4) is 0 Å². The zero-order valence-electron chi connectivity index (χ0n) is 10.00. The van der Waals surface area contributed by atoms with Gasteiger partial charge in [-0.05, 0) is 12.1 Å². The second-order valence-electron chi connectivity index (χ2n) is 4.09. The predicted molar refractivity (Wildman–Crippen MR) is 66.9 cm³/mol. The van der Waals surface area contributed by atoms with E-state index in [2.05, 4.69) is 15.1 Å². The molecule has 2 aromatic heterocycles. The van der Waals surface area contributed by atoms with Crippen LogP contribution in [0.5, 0.6) is 0 Å². The van der Waals surface area contributed by atoms with Gasteiger partial charge < -0.3 is 14.8 Å². The molecular weight excluding hydrogens is 230 g/mol. The van der Waals surface area contributed by atoms with E-state index in [1.807, 2.05) is 28.8 Å². The standard InChI is InChI=1S/C12H13N5O/c1-8-14-11(16-18-8)6-7-17-10-5-3-2-4-9(10)15-12(17)13/h2-5H,6-7H2,1H3,(H2,13,15). The summed E-state index contributed by atoms with van der Waals surface area (Å²) in [6, 6.07) is 7.86. The monoisotopic (exact) mass is 243 g/mol. The maximum atomic E-state index is 5.91. The number of aryl methyl sites for hydroxylation is 3. The smallest absolute Gasteiger partial charge is 0.223 e. The summed E-state index contributed by atoms with van der Waals surface area (Å²) in [5.74, 6) is 1.77. The normalized spacial score (nSPS) is 11.2. The molecule has 0 aliphatic rings. The maximum Gasteiger partial charge on any atom is 0.223 e. The van der Waals surface area contributed by atoms with E-state index < -0.39 is 0 Å². The number of anilines is 1. The number of nitrogen functional groups attached to an aromatic ring is 1. The van der Waals surface area contributed by atoms with E-state index in [1.54, 1.807) is 6.92 Å². The minimum Gasteiger partial charge on any atom is -0.369 e. The Bertz CT molecular complexity index is 685. The van der Waals surface area contributed by atoms with Gasteiger partial charge in [-0.2, -0.15) is 4.98 Å². The first-order valence-electron chi connectivity index (χ1n) is 5.74. The highest BCUT2D eigenvalue weighted by molar-refractivity contribution is 5.78. The Balaban J connectivity index is 1.88. The largest absolute Gasteiger partial charge is 0.369 e. The summed E-state index contributed by atoms with van der Waals surface area (Å²) in [7, 11) is 0. The van der Waals surface area contributed by atoms with E-state index in [4.69, 9.17) is 10.3 Å². The van der Waals surface area contributed by atoms with Crippen LogP contribution in [0, 0.1) is 6.92 Å². The van der Waals surface area contributed by atoms with Crippen molar-refractivity contribution in [1.29, 1.82) is 0 Å². The molecule has 0 unspecified atom stereocenters. The van der Waals surface area contributed by atoms with Gasteiger partial charge in [0.1, 0.15) is 0 Å². The average Bonchev–Trinajstić information content (AvgIpc) is 2.90. The van der Waals surface area contributed by atoms with Gasteiger partial charge in [0.05, 0.1) is 11.0 Å². The lowest BCUT2D eigenvalue weighted by Crippen LogP contribution is -2.06. The van der Waals surface area contributed by atoms with Gasteiger partial charge in [0.15, 0.2) is 5.82 Å². The third-order valence-electron chi connectivity index (χ3n) is 2.81. The van der Waals surface area contributed by atoms with E-state index >= 15 is 0 Å². The van der Waals surface area contributed by atoms with Crippen LogP contribution in [-0.4, -0.2) is 19.7 Å². The Morgan fingerprint density at radius 3 is 2.89 bits per heavy atom. The first kappa shape index (κ1) is 10.8. The van der Waals surface area contributed by atoms with Crippen molar-refractivity contribution in [2.24, 2.45) is 0 Å². The zero-order valence-corrected chi connectivity index (χ0v) is 10.00. The molecule has 0 radical (unpaired) electrons. The molecule has 6 nitrogen and oxygen atoms in total. The van der Waals surface area contributed by atoms with E-state index in [1.165, 1.54) is 0 Å². The van der Waals surface area contributed by atoms with Crippen LogP contribution in [0.25, 0.3) is 11.0 Å². The van der Waals surface area contributed by atoms with Crippen molar-refractivity contribution in [3.8, 4) is 0 Å². The lowest BCUT2D eigenvalue weighted by molar-refractivity contribution is 0.386. The fraction of sp³-hybridized carbons (Fsp3) is 0.250. The minimum absolute atomic E-state index is 0.511. The number of fused-ring (bicyclic) bond motifs is 1. The zero-order chi connectivity index (χ0) is 12.5. The third kappa shape index (κ3) is 1.81. The maximum absolute atomic E-state index is 5.91. The van der Waals surface area contributed by atoms with Crippen LogP contribution in [0.15, 0.2) is 28.8 Å². The van der Waals surface area contributed by atoms with Crippen molar-refractivity contribution in [1.82, 2.24) is 19.7 Å². The number of aromatic nitrogens is 4. The highest BCUT2D eigenvalue weighted by Gasteiger charge is 2.09. The predicted octanol–water partition coefficient (Wildman–Crippen LogP) is 1.55. The molecule has 3 rings (SSSR count). The van der Waals surface area contributed by atoms with Crippen LogP contribution >= 0.6 is 0 Å². The molecule has 0 aliphatic heterocycles. The molecule has 0 saturated carbocycles. The van der Waals surface area contributed by atoms with Gasteiger partial charge in [-0.15, -0.1) is 0 Å². The fourth-order valence-corrected chi connectivity index (χ4v) is 1.98. The number of rotatable bonds is 3. The number of hydrogen-bond donors (Lipinski definition) is 1. The summed E-state index contributed by atoms with van der Waals surface area (Å²) in [4.78, 5) is 8.47. The number of nitrogens with zero attached hydrogens (tertiary/aromatic N) is 4. The topological polar surface area (TPSA) is 82.8 Å². The molecule has 18 heavy (non-hydrogen) atoms.